The second-order valence-corrected chi connectivity index (χ2v) is 8.30. The normalized spacial score (nSPS) is 24.8. The van der Waals surface area contributed by atoms with Crippen LogP contribution in [0.5, 0.6) is 0 Å². The van der Waals surface area contributed by atoms with E-state index >= 15 is 0 Å². The van der Waals surface area contributed by atoms with Crippen molar-refractivity contribution in [2.24, 2.45) is 11.3 Å². The molecule has 7 heteroatoms. The minimum atomic E-state index is -0.0397. The lowest BCUT2D eigenvalue weighted by atomic mass is 9.82. The van der Waals surface area contributed by atoms with Gasteiger partial charge in [0.1, 0.15) is 0 Å². The van der Waals surface area contributed by atoms with Gasteiger partial charge in [-0.25, -0.2) is 9.97 Å². The first-order chi connectivity index (χ1) is 14.2. The molecule has 1 N–H and O–H groups in total. The van der Waals surface area contributed by atoms with Gasteiger partial charge >= 0.3 is 0 Å². The maximum Gasteiger partial charge on any atom is 0.195 e. The van der Waals surface area contributed by atoms with Gasteiger partial charge in [-0.15, -0.1) is 0 Å². The molecule has 0 saturated carbocycles. The molecule has 0 spiro atoms. The number of rotatable bonds is 6. The molecule has 2 saturated heterocycles. The monoisotopic (exact) mass is 391 g/mol. The van der Waals surface area contributed by atoms with Gasteiger partial charge in [-0.3, -0.25) is 14.8 Å². The Labute approximate surface area is 170 Å². The summed E-state index contributed by atoms with van der Waals surface area (Å²) in [6.45, 7) is 5.81. The van der Waals surface area contributed by atoms with Gasteiger partial charge in [-0.2, -0.15) is 0 Å². The molecule has 7 nitrogen and oxygen atoms in total. The lowest BCUT2D eigenvalue weighted by Crippen LogP contribution is -2.36. The fourth-order valence-corrected chi connectivity index (χ4v) is 4.84. The zero-order valence-corrected chi connectivity index (χ0v) is 16.3. The van der Waals surface area contributed by atoms with Gasteiger partial charge in [0.2, 0.25) is 0 Å². The van der Waals surface area contributed by atoms with Crippen molar-refractivity contribution in [2.75, 3.05) is 32.8 Å². The number of aliphatic hydroxyl groups is 1. The number of furan rings is 1. The Morgan fingerprint density at radius 2 is 1.69 bits per heavy atom. The van der Waals surface area contributed by atoms with Crippen molar-refractivity contribution in [1.82, 2.24) is 24.8 Å². The van der Waals surface area contributed by atoms with Crippen molar-refractivity contribution in [3.05, 3.63) is 66.4 Å². The molecule has 2 fully saturated rings. The topological polar surface area (TPSA) is 78.5 Å². The van der Waals surface area contributed by atoms with Crippen LogP contribution in [0.25, 0.3) is 11.6 Å². The highest BCUT2D eigenvalue weighted by atomic mass is 16.3. The number of nitrogens with zero attached hydrogens (tertiary/aromatic N) is 5. The Balaban J connectivity index is 1.22. The van der Waals surface area contributed by atoms with Crippen LogP contribution >= 0.6 is 0 Å². The molecule has 0 aliphatic carbocycles. The van der Waals surface area contributed by atoms with Crippen LogP contribution in [0.1, 0.15) is 11.1 Å². The third-order valence-corrected chi connectivity index (χ3v) is 6.22. The third-order valence-electron chi connectivity index (χ3n) is 6.22. The van der Waals surface area contributed by atoms with E-state index in [1.54, 1.807) is 6.26 Å². The van der Waals surface area contributed by atoms with E-state index in [4.69, 9.17) is 4.42 Å². The summed E-state index contributed by atoms with van der Waals surface area (Å²) < 4.78 is 5.35. The predicted molar refractivity (Wildman–Crippen MR) is 108 cm³/mol. The molecule has 2 unspecified atom stereocenters. The first-order valence-electron chi connectivity index (χ1n) is 10.0. The van der Waals surface area contributed by atoms with Crippen molar-refractivity contribution >= 4 is 0 Å². The summed E-state index contributed by atoms with van der Waals surface area (Å²) in [5.74, 6) is 1.77. The van der Waals surface area contributed by atoms with Crippen LogP contribution < -0.4 is 0 Å². The molecule has 0 aromatic carbocycles. The third kappa shape index (κ3) is 3.69. The fourth-order valence-electron chi connectivity index (χ4n) is 4.84. The second-order valence-electron chi connectivity index (χ2n) is 8.30. The van der Waals surface area contributed by atoms with Crippen molar-refractivity contribution in [2.45, 2.75) is 13.1 Å². The SMILES string of the molecule is OCC12CN(Cc3ccncc3)CC1CN(Cc1cnc(-c3ccco3)nc1)C2. The Kier molecular flexibility index (Phi) is 4.87. The molecule has 5 heterocycles. The molecule has 0 amide bonds. The molecule has 0 radical (unpaired) electrons. The van der Waals surface area contributed by atoms with Gasteiger partial charge in [0.15, 0.2) is 11.6 Å². The zero-order chi connectivity index (χ0) is 19.7. The molecular formula is C22H25N5O2. The Bertz CT molecular complexity index is 932. The molecule has 3 aromatic rings. The Morgan fingerprint density at radius 1 is 1.00 bits per heavy atom. The van der Waals surface area contributed by atoms with E-state index in [2.05, 4.69) is 36.9 Å². The van der Waals surface area contributed by atoms with Crippen molar-refractivity contribution in [1.29, 1.82) is 0 Å². The van der Waals surface area contributed by atoms with Gasteiger partial charge in [-0.05, 0) is 35.7 Å². The van der Waals surface area contributed by atoms with E-state index in [0.717, 1.165) is 44.8 Å². The Hall–Kier alpha value is -2.61. The van der Waals surface area contributed by atoms with E-state index in [9.17, 15) is 5.11 Å². The highest BCUT2D eigenvalue weighted by Crippen LogP contribution is 2.43. The summed E-state index contributed by atoms with van der Waals surface area (Å²) in [4.78, 5) is 17.9. The van der Waals surface area contributed by atoms with E-state index < -0.39 is 0 Å². The fraction of sp³-hybridized carbons (Fsp3) is 0.409. The lowest BCUT2D eigenvalue weighted by molar-refractivity contribution is 0.110. The number of aromatic nitrogens is 3. The van der Waals surface area contributed by atoms with Crippen molar-refractivity contribution < 1.29 is 9.52 Å². The van der Waals surface area contributed by atoms with Crippen LogP contribution in [0.3, 0.4) is 0 Å². The molecule has 3 aromatic heterocycles. The van der Waals surface area contributed by atoms with Gasteiger partial charge in [0.05, 0.1) is 12.9 Å². The number of aliphatic hydroxyl groups excluding tert-OH is 1. The minimum absolute atomic E-state index is 0.0397. The van der Waals surface area contributed by atoms with Crippen molar-refractivity contribution in [3.8, 4) is 11.6 Å². The molecule has 5 rings (SSSR count). The highest BCUT2D eigenvalue weighted by molar-refractivity contribution is 5.45. The molecule has 0 bridgehead atoms. The lowest BCUT2D eigenvalue weighted by Gasteiger charge is -2.27. The molecule has 2 aliphatic rings. The van der Waals surface area contributed by atoms with E-state index in [0.29, 0.717) is 17.5 Å². The average molecular weight is 391 g/mol. The zero-order valence-electron chi connectivity index (χ0n) is 16.3. The van der Waals surface area contributed by atoms with E-state index in [-0.39, 0.29) is 12.0 Å². The van der Waals surface area contributed by atoms with E-state index in [1.165, 1.54) is 5.56 Å². The van der Waals surface area contributed by atoms with Crippen LogP contribution in [0.2, 0.25) is 0 Å². The minimum Gasteiger partial charge on any atom is -0.461 e. The summed E-state index contributed by atoms with van der Waals surface area (Å²) >= 11 is 0. The first-order valence-corrected chi connectivity index (χ1v) is 10.0. The molecular weight excluding hydrogens is 366 g/mol. The number of hydrogen-bond acceptors (Lipinski definition) is 7. The highest BCUT2D eigenvalue weighted by Gasteiger charge is 2.51. The number of fused-ring (bicyclic) bond motifs is 1. The van der Waals surface area contributed by atoms with Crippen LogP contribution in [-0.2, 0) is 13.1 Å². The second kappa shape index (κ2) is 7.67. The Morgan fingerprint density at radius 3 is 2.28 bits per heavy atom. The smallest absolute Gasteiger partial charge is 0.195 e. The largest absolute Gasteiger partial charge is 0.461 e. The van der Waals surface area contributed by atoms with Crippen LogP contribution in [0.15, 0.2) is 59.7 Å². The molecule has 2 aliphatic heterocycles. The summed E-state index contributed by atoms with van der Waals surface area (Å²) in [5, 5.41) is 10.2. The van der Waals surface area contributed by atoms with Crippen LogP contribution in [0, 0.1) is 11.3 Å². The number of likely N-dealkylation sites (tertiary alicyclic amines) is 2. The van der Waals surface area contributed by atoms with Crippen LogP contribution in [-0.4, -0.2) is 62.6 Å². The van der Waals surface area contributed by atoms with Gasteiger partial charge < -0.3 is 9.52 Å². The maximum atomic E-state index is 10.2. The summed E-state index contributed by atoms with van der Waals surface area (Å²) in [7, 11) is 0. The summed E-state index contributed by atoms with van der Waals surface area (Å²) in [5.41, 5.74) is 2.32. The molecule has 29 heavy (non-hydrogen) atoms. The first kappa shape index (κ1) is 18.4. The van der Waals surface area contributed by atoms with Gasteiger partial charge in [-0.1, -0.05) is 0 Å². The quantitative estimate of drug-likeness (QED) is 0.689. The standard InChI is InChI=1S/C22H25N5O2/c28-16-22-14-26(10-17-3-5-23-6-4-17)12-19(22)13-27(15-22)11-18-8-24-21(25-9-18)20-2-1-7-29-20/h1-9,19,28H,10-16H2. The number of hydrogen-bond donors (Lipinski definition) is 1. The maximum absolute atomic E-state index is 10.2. The van der Waals surface area contributed by atoms with Crippen LogP contribution in [0.4, 0.5) is 0 Å². The predicted octanol–water partition coefficient (Wildman–Crippen LogP) is 2.06. The van der Waals surface area contributed by atoms with Gasteiger partial charge in [0, 0.05) is 75.0 Å². The summed E-state index contributed by atoms with van der Waals surface area (Å²) in [6.07, 6.45) is 9.06. The molecule has 2 atom stereocenters. The van der Waals surface area contributed by atoms with E-state index in [1.807, 2.05) is 36.9 Å². The average Bonchev–Trinajstić information content (AvgIpc) is 3.45. The van der Waals surface area contributed by atoms with Crippen molar-refractivity contribution in [3.63, 3.8) is 0 Å². The molecule has 150 valence electrons. The van der Waals surface area contributed by atoms with Gasteiger partial charge in [0.25, 0.3) is 0 Å². The number of pyridine rings is 1. The summed E-state index contributed by atoms with van der Waals surface area (Å²) in [6, 6.07) is 7.83.